The van der Waals surface area contributed by atoms with E-state index in [0.717, 1.165) is 23.3 Å². The molecule has 1 unspecified atom stereocenters. The molecule has 19 heavy (non-hydrogen) atoms. The van der Waals surface area contributed by atoms with Crippen molar-refractivity contribution in [3.63, 3.8) is 0 Å². The van der Waals surface area contributed by atoms with Crippen molar-refractivity contribution in [2.75, 3.05) is 13.7 Å². The molecule has 4 nitrogen and oxygen atoms in total. The summed E-state index contributed by atoms with van der Waals surface area (Å²) >= 11 is 0. The van der Waals surface area contributed by atoms with Crippen molar-refractivity contribution in [1.82, 2.24) is 4.90 Å². The highest BCUT2D eigenvalue weighted by atomic mass is 16.5. The first-order chi connectivity index (χ1) is 9.03. The Balaban J connectivity index is 3.01. The number of hydrogen-bond donors (Lipinski definition) is 1. The van der Waals surface area contributed by atoms with Gasteiger partial charge in [0.1, 0.15) is 5.75 Å². The molecule has 0 radical (unpaired) electrons. The lowest BCUT2D eigenvalue weighted by atomic mass is 10.1. The van der Waals surface area contributed by atoms with Gasteiger partial charge in [-0.15, -0.1) is 0 Å². The molecule has 2 N–H and O–H groups in total. The van der Waals surface area contributed by atoms with Crippen LogP contribution in [0.4, 0.5) is 0 Å². The van der Waals surface area contributed by atoms with E-state index in [9.17, 15) is 4.79 Å². The van der Waals surface area contributed by atoms with Gasteiger partial charge in [-0.3, -0.25) is 4.79 Å². The molecular weight excluding hydrogens is 240 g/mol. The van der Waals surface area contributed by atoms with Crippen LogP contribution in [-0.2, 0) is 11.3 Å². The normalized spacial score (nSPS) is 12.1. The number of benzene rings is 1. The van der Waals surface area contributed by atoms with Crippen molar-refractivity contribution < 1.29 is 9.53 Å². The molecule has 0 aromatic heterocycles. The molecule has 1 rings (SSSR count). The lowest BCUT2D eigenvalue weighted by Crippen LogP contribution is -2.41. The first-order valence-corrected chi connectivity index (χ1v) is 6.66. The van der Waals surface area contributed by atoms with Crippen LogP contribution in [0.25, 0.3) is 0 Å². The monoisotopic (exact) mass is 264 g/mol. The highest BCUT2D eigenvalue weighted by Crippen LogP contribution is 2.22. The summed E-state index contributed by atoms with van der Waals surface area (Å²) in [6, 6.07) is 6.16. The van der Waals surface area contributed by atoms with Crippen LogP contribution in [0.15, 0.2) is 18.2 Å². The zero-order valence-electron chi connectivity index (χ0n) is 12.3. The molecule has 0 saturated carbocycles. The average molecular weight is 264 g/mol. The van der Waals surface area contributed by atoms with Crippen LogP contribution in [0.1, 0.15) is 31.4 Å². The summed E-state index contributed by atoms with van der Waals surface area (Å²) < 4.78 is 5.36. The number of hydrogen-bond acceptors (Lipinski definition) is 3. The van der Waals surface area contributed by atoms with Crippen LogP contribution in [0.5, 0.6) is 5.75 Å². The highest BCUT2D eigenvalue weighted by molar-refractivity contribution is 5.78. The molecule has 0 saturated heterocycles. The molecule has 4 heteroatoms. The van der Waals surface area contributed by atoms with Gasteiger partial charge in [0.25, 0.3) is 0 Å². The Labute approximate surface area is 115 Å². The van der Waals surface area contributed by atoms with Crippen molar-refractivity contribution in [3.05, 3.63) is 29.3 Å². The van der Waals surface area contributed by atoms with Gasteiger partial charge in [0, 0.05) is 18.2 Å². The molecule has 0 heterocycles. The Bertz CT molecular complexity index is 432. The van der Waals surface area contributed by atoms with Crippen LogP contribution in [0.3, 0.4) is 0 Å². The van der Waals surface area contributed by atoms with E-state index in [-0.39, 0.29) is 18.5 Å². The number of nitrogens with zero attached hydrogens (tertiary/aromatic N) is 1. The van der Waals surface area contributed by atoms with Crippen LogP contribution in [0.2, 0.25) is 0 Å². The molecule has 0 aliphatic heterocycles. The van der Waals surface area contributed by atoms with E-state index in [4.69, 9.17) is 10.5 Å². The molecule has 1 aromatic rings. The molecule has 0 aliphatic rings. The molecule has 0 bridgehead atoms. The summed E-state index contributed by atoms with van der Waals surface area (Å²) in [5.74, 6) is 0.779. The Kier molecular flexibility index (Phi) is 5.83. The summed E-state index contributed by atoms with van der Waals surface area (Å²) in [6.07, 6.45) is 0.903. The smallest absolute Gasteiger partial charge is 0.236 e. The third-order valence-corrected chi connectivity index (χ3v) is 3.39. The number of nitrogens with two attached hydrogens (primary N) is 1. The van der Waals surface area contributed by atoms with E-state index in [0.29, 0.717) is 6.54 Å². The van der Waals surface area contributed by atoms with E-state index >= 15 is 0 Å². The van der Waals surface area contributed by atoms with Crippen molar-refractivity contribution in [3.8, 4) is 5.75 Å². The van der Waals surface area contributed by atoms with Crippen LogP contribution in [-0.4, -0.2) is 30.5 Å². The first-order valence-electron chi connectivity index (χ1n) is 6.66. The zero-order chi connectivity index (χ0) is 14.4. The van der Waals surface area contributed by atoms with Crippen molar-refractivity contribution in [2.24, 2.45) is 5.73 Å². The Hall–Kier alpha value is -1.55. The van der Waals surface area contributed by atoms with E-state index < -0.39 is 0 Å². The standard InChI is InChI=1S/C15H24N2O2/c1-5-12(3)17(15(18)9-16)10-13-8-11(2)6-7-14(13)19-4/h6-8,12H,5,9-10,16H2,1-4H3. The predicted octanol–water partition coefficient (Wildman–Crippen LogP) is 2.09. The van der Waals surface area contributed by atoms with Gasteiger partial charge in [0.15, 0.2) is 0 Å². The molecule has 1 atom stereocenters. The highest BCUT2D eigenvalue weighted by Gasteiger charge is 2.19. The molecule has 1 aromatic carbocycles. The molecule has 106 valence electrons. The minimum Gasteiger partial charge on any atom is -0.496 e. The quantitative estimate of drug-likeness (QED) is 0.856. The van der Waals surface area contributed by atoms with Crippen molar-refractivity contribution in [2.45, 2.75) is 39.8 Å². The van der Waals surface area contributed by atoms with Crippen LogP contribution >= 0.6 is 0 Å². The molecule has 0 spiro atoms. The number of rotatable bonds is 6. The lowest BCUT2D eigenvalue weighted by molar-refractivity contribution is -0.132. The van der Waals surface area contributed by atoms with Crippen LogP contribution < -0.4 is 10.5 Å². The van der Waals surface area contributed by atoms with Crippen molar-refractivity contribution >= 4 is 5.91 Å². The van der Waals surface area contributed by atoms with E-state index in [1.807, 2.05) is 30.9 Å². The van der Waals surface area contributed by atoms with Crippen LogP contribution in [0, 0.1) is 6.92 Å². The maximum atomic E-state index is 12.0. The van der Waals surface area contributed by atoms with Gasteiger partial charge < -0.3 is 15.4 Å². The van der Waals surface area contributed by atoms with E-state index in [1.54, 1.807) is 7.11 Å². The van der Waals surface area contributed by atoms with E-state index in [1.165, 1.54) is 0 Å². The second kappa shape index (κ2) is 7.14. The summed E-state index contributed by atoms with van der Waals surface area (Å²) in [5.41, 5.74) is 7.67. The van der Waals surface area contributed by atoms with Gasteiger partial charge in [-0.05, 0) is 26.3 Å². The SMILES string of the molecule is CCC(C)N(Cc1cc(C)ccc1OC)C(=O)CN. The average Bonchev–Trinajstić information content (AvgIpc) is 2.43. The topological polar surface area (TPSA) is 55.6 Å². The number of methoxy groups -OCH3 is 1. The Morgan fingerprint density at radius 1 is 1.47 bits per heavy atom. The second-order valence-corrected chi connectivity index (χ2v) is 4.80. The fourth-order valence-electron chi connectivity index (χ4n) is 2.04. The minimum absolute atomic E-state index is 0.0297. The molecular formula is C15H24N2O2. The van der Waals surface area contributed by atoms with Gasteiger partial charge in [-0.25, -0.2) is 0 Å². The Morgan fingerprint density at radius 2 is 2.16 bits per heavy atom. The summed E-state index contributed by atoms with van der Waals surface area (Å²) in [6.45, 7) is 6.71. The minimum atomic E-state index is -0.0297. The summed E-state index contributed by atoms with van der Waals surface area (Å²) in [4.78, 5) is 13.8. The van der Waals surface area contributed by atoms with Gasteiger partial charge in [-0.1, -0.05) is 24.6 Å². The van der Waals surface area contributed by atoms with Gasteiger partial charge in [-0.2, -0.15) is 0 Å². The molecule has 0 aliphatic carbocycles. The maximum Gasteiger partial charge on any atom is 0.236 e. The fourth-order valence-corrected chi connectivity index (χ4v) is 2.04. The second-order valence-electron chi connectivity index (χ2n) is 4.80. The zero-order valence-corrected chi connectivity index (χ0v) is 12.3. The molecule has 1 amide bonds. The number of ether oxygens (including phenoxy) is 1. The third kappa shape index (κ3) is 3.96. The van der Waals surface area contributed by atoms with Gasteiger partial charge in [0.05, 0.1) is 13.7 Å². The van der Waals surface area contributed by atoms with Gasteiger partial charge in [0.2, 0.25) is 5.91 Å². The van der Waals surface area contributed by atoms with E-state index in [2.05, 4.69) is 13.0 Å². The fraction of sp³-hybridized carbons (Fsp3) is 0.533. The summed E-state index contributed by atoms with van der Waals surface area (Å²) in [7, 11) is 1.65. The number of carbonyl (C=O) groups is 1. The third-order valence-electron chi connectivity index (χ3n) is 3.39. The number of amides is 1. The lowest BCUT2D eigenvalue weighted by Gasteiger charge is -2.29. The first kappa shape index (κ1) is 15.5. The number of carbonyl (C=O) groups excluding carboxylic acids is 1. The number of aryl methyl sites for hydroxylation is 1. The largest absolute Gasteiger partial charge is 0.496 e. The van der Waals surface area contributed by atoms with Gasteiger partial charge >= 0.3 is 0 Å². The van der Waals surface area contributed by atoms with Crippen molar-refractivity contribution in [1.29, 1.82) is 0 Å². The maximum absolute atomic E-state index is 12.0. The molecule has 0 fully saturated rings. The predicted molar refractivity (Wildman–Crippen MR) is 77.1 cm³/mol. The summed E-state index contributed by atoms with van der Waals surface area (Å²) in [5, 5.41) is 0. The Morgan fingerprint density at radius 3 is 2.68 bits per heavy atom.